The van der Waals surface area contributed by atoms with Crippen molar-refractivity contribution in [2.45, 2.75) is 4.90 Å². The summed E-state index contributed by atoms with van der Waals surface area (Å²) in [6.45, 7) is 0. The number of aromatic amines is 1. The summed E-state index contributed by atoms with van der Waals surface area (Å²) in [5.41, 5.74) is 1.81. The summed E-state index contributed by atoms with van der Waals surface area (Å²) in [4.78, 5) is 8.69. The monoisotopic (exact) mass is 264 g/mol. The van der Waals surface area contributed by atoms with Crippen LogP contribution in [0.3, 0.4) is 0 Å². The summed E-state index contributed by atoms with van der Waals surface area (Å²) in [5.74, 6) is 0.694. The molecule has 0 bridgehead atoms. The van der Waals surface area contributed by atoms with Gasteiger partial charge < -0.3 is 4.98 Å². The molecular formula is C11H9ClN4S. The fraction of sp³-hybridized carbons (Fsp3) is 0.0909. The molecule has 0 spiro atoms. The largest absolute Gasteiger partial charge is 0.322 e. The summed E-state index contributed by atoms with van der Waals surface area (Å²) in [6.07, 6.45) is 5.55. The van der Waals surface area contributed by atoms with Crippen LogP contribution in [0.25, 0.3) is 17.0 Å². The second-order valence-electron chi connectivity index (χ2n) is 3.51. The third-order valence-electron chi connectivity index (χ3n) is 2.46. The molecule has 0 aliphatic carbocycles. The number of nitrogens with one attached hydrogen (secondary N) is 1. The Balaban J connectivity index is 2.19. The maximum absolute atomic E-state index is 6.15. The van der Waals surface area contributed by atoms with Gasteiger partial charge in [-0.05, 0) is 24.5 Å². The molecule has 2 aromatic heterocycles. The first-order valence-electron chi connectivity index (χ1n) is 5.01. The third kappa shape index (κ3) is 1.81. The number of hydrogen-bond donors (Lipinski definition) is 1. The van der Waals surface area contributed by atoms with E-state index in [4.69, 9.17) is 11.6 Å². The lowest BCUT2D eigenvalue weighted by Gasteiger charge is -1.98. The Bertz CT molecular complexity index is 659. The average Bonchev–Trinajstić information content (AvgIpc) is 2.95. The molecule has 0 aliphatic rings. The topological polar surface area (TPSA) is 46.5 Å². The number of benzene rings is 1. The van der Waals surface area contributed by atoms with E-state index in [9.17, 15) is 0 Å². The van der Waals surface area contributed by atoms with E-state index in [2.05, 4.69) is 15.1 Å². The predicted octanol–water partition coefficient (Wildman–Crippen LogP) is 3.12. The van der Waals surface area contributed by atoms with E-state index < -0.39 is 0 Å². The second kappa shape index (κ2) is 4.09. The van der Waals surface area contributed by atoms with Crippen molar-refractivity contribution in [3.63, 3.8) is 0 Å². The quantitative estimate of drug-likeness (QED) is 0.724. The van der Waals surface area contributed by atoms with Crippen LogP contribution in [-0.4, -0.2) is 26.0 Å². The fourth-order valence-electron chi connectivity index (χ4n) is 1.66. The van der Waals surface area contributed by atoms with Gasteiger partial charge in [0.1, 0.15) is 0 Å². The summed E-state index contributed by atoms with van der Waals surface area (Å²) >= 11 is 7.76. The van der Waals surface area contributed by atoms with Crippen LogP contribution in [0.15, 0.2) is 35.5 Å². The van der Waals surface area contributed by atoms with Crippen molar-refractivity contribution >= 4 is 34.4 Å². The van der Waals surface area contributed by atoms with Crippen molar-refractivity contribution in [3.8, 4) is 5.95 Å². The Morgan fingerprint density at radius 2 is 2.29 bits per heavy atom. The Morgan fingerprint density at radius 3 is 3.00 bits per heavy atom. The standard InChI is InChI=1S/C11H9ClN4S/c1-17-10-6-9-8(5-7(10)12)14-11(15-9)16-4-2-3-13-16/h2-6H,1H3,(H,14,15). The van der Waals surface area contributed by atoms with Crippen molar-refractivity contribution in [1.82, 2.24) is 19.7 Å². The van der Waals surface area contributed by atoms with E-state index in [1.165, 1.54) is 0 Å². The van der Waals surface area contributed by atoms with Crippen LogP contribution in [0.5, 0.6) is 0 Å². The Kier molecular flexibility index (Phi) is 2.57. The Hall–Kier alpha value is -1.46. The molecule has 0 fully saturated rings. The zero-order chi connectivity index (χ0) is 11.8. The first kappa shape index (κ1) is 10.7. The van der Waals surface area contributed by atoms with Gasteiger partial charge in [-0.25, -0.2) is 9.67 Å². The first-order chi connectivity index (χ1) is 8.28. The number of fused-ring (bicyclic) bond motifs is 1. The number of aromatic nitrogens is 4. The van der Waals surface area contributed by atoms with Crippen molar-refractivity contribution < 1.29 is 0 Å². The SMILES string of the molecule is CSc1cc2nc(-n3cccn3)[nH]c2cc1Cl. The minimum atomic E-state index is 0.694. The lowest BCUT2D eigenvalue weighted by Crippen LogP contribution is -1.95. The van der Waals surface area contributed by atoms with Crippen LogP contribution in [0.4, 0.5) is 0 Å². The summed E-state index contributed by atoms with van der Waals surface area (Å²) in [6, 6.07) is 5.72. The van der Waals surface area contributed by atoms with Gasteiger partial charge in [0.05, 0.1) is 16.1 Å². The number of H-pyrrole nitrogens is 1. The van der Waals surface area contributed by atoms with Crippen LogP contribution in [-0.2, 0) is 0 Å². The van der Waals surface area contributed by atoms with Crippen LogP contribution in [0.1, 0.15) is 0 Å². The van der Waals surface area contributed by atoms with E-state index in [-0.39, 0.29) is 0 Å². The minimum absolute atomic E-state index is 0.694. The van der Waals surface area contributed by atoms with Gasteiger partial charge in [0.15, 0.2) is 0 Å². The van der Waals surface area contributed by atoms with Gasteiger partial charge in [0.2, 0.25) is 5.95 Å². The molecule has 86 valence electrons. The lowest BCUT2D eigenvalue weighted by atomic mass is 10.3. The lowest BCUT2D eigenvalue weighted by molar-refractivity contribution is 0.829. The molecule has 1 N–H and O–H groups in total. The molecule has 2 heterocycles. The summed E-state index contributed by atoms with van der Waals surface area (Å²) in [7, 11) is 0. The smallest absolute Gasteiger partial charge is 0.229 e. The molecule has 17 heavy (non-hydrogen) atoms. The Morgan fingerprint density at radius 1 is 1.41 bits per heavy atom. The highest BCUT2D eigenvalue weighted by Gasteiger charge is 2.08. The van der Waals surface area contributed by atoms with Crippen molar-refractivity contribution in [2.75, 3.05) is 6.26 Å². The van der Waals surface area contributed by atoms with Crippen molar-refractivity contribution in [3.05, 3.63) is 35.6 Å². The Labute approximate surface area is 107 Å². The highest BCUT2D eigenvalue weighted by molar-refractivity contribution is 7.98. The normalized spacial score (nSPS) is 11.2. The molecule has 0 radical (unpaired) electrons. The zero-order valence-electron chi connectivity index (χ0n) is 9.01. The average molecular weight is 265 g/mol. The van der Waals surface area contributed by atoms with Crippen molar-refractivity contribution in [2.24, 2.45) is 0 Å². The number of nitrogens with zero attached hydrogens (tertiary/aromatic N) is 3. The van der Waals surface area contributed by atoms with E-state index >= 15 is 0 Å². The summed E-state index contributed by atoms with van der Waals surface area (Å²) in [5, 5.41) is 4.87. The van der Waals surface area contributed by atoms with Gasteiger partial charge in [-0.2, -0.15) is 5.10 Å². The van der Waals surface area contributed by atoms with Gasteiger partial charge in [-0.15, -0.1) is 11.8 Å². The van der Waals surface area contributed by atoms with Gasteiger partial charge in [0, 0.05) is 17.3 Å². The molecule has 0 unspecified atom stereocenters. The van der Waals surface area contributed by atoms with E-state index in [1.54, 1.807) is 22.6 Å². The molecule has 3 aromatic rings. The summed E-state index contributed by atoms with van der Waals surface area (Å²) < 4.78 is 1.69. The van der Waals surface area contributed by atoms with Gasteiger partial charge in [0.25, 0.3) is 0 Å². The van der Waals surface area contributed by atoms with Crippen molar-refractivity contribution in [1.29, 1.82) is 0 Å². The molecule has 0 aliphatic heterocycles. The van der Waals surface area contributed by atoms with E-state index in [0.717, 1.165) is 21.0 Å². The highest BCUT2D eigenvalue weighted by Crippen LogP contribution is 2.29. The second-order valence-corrected chi connectivity index (χ2v) is 4.77. The van der Waals surface area contributed by atoms with Gasteiger partial charge >= 0.3 is 0 Å². The molecule has 3 rings (SSSR count). The van der Waals surface area contributed by atoms with Crippen LogP contribution < -0.4 is 0 Å². The zero-order valence-corrected chi connectivity index (χ0v) is 10.6. The van der Waals surface area contributed by atoms with Crippen LogP contribution >= 0.6 is 23.4 Å². The van der Waals surface area contributed by atoms with Gasteiger partial charge in [-0.1, -0.05) is 11.6 Å². The molecular weight excluding hydrogens is 256 g/mol. The number of rotatable bonds is 2. The van der Waals surface area contributed by atoms with Gasteiger partial charge in [-0.3, -0.25) is 0 Å². The number of imidazole rings is 1. The maximum Gasteiger partial charge on any atom is 0.229 e. The third-order valence-corrected chi connectivity index (χ3v) is 3.67. The number of hydrogen-bond acceptors (Lipinski definition) is 3. The maximum atomic E-state index is 6.15. The molecule has 0 saturated carbocycles. The predicted molar refractivity (Wildman–Crippen MR) is 70.0 cm³/mol. The molecule has 1 aromatic carbocycles. The minimum Gasteiger partial charge on any atom is -0.322 e. The molecule has 4 nitrogen and oxygen atoms in total. The number of halogens is 1. The fourth-order valence-corrected chi connectivity index (χ4v) is 2.54. The van der Waals surface area contributed by atoms with Crippen LogP contribution in [0, 0.1) is 0 Å². The molecule has 0 saturated heterocycles. The molecule has 6 heteroatoms. The van der Waals surface area contributed by atoms with Crippen LogP contribution in [0.2, 0.25) is 5.02 Å². The van der Waals surface area contributed by atoms with E-state index in [1.807, 2.05) is 30.7 Å². The molecule has 0 atom stereocenters. The first-order valence-corrected chi connectivity index (χ1v) is 6.61. The highest BCUT2D eigenvalue weighted by atomic mass is 35.5. The van der Waals surface area contributed by atoms with E-state index in [0.29, 0.717) is 5.95 Å². The molecule has 0 amide bonds. The number of thioether (sulfide) groups is 1.